The zero-order chi connectivity index (χ0) is 8.97. The molecule has 1 fully saturated rings. The van der Waals surface area contributed by atoms with E-state index in [1.807, 2.05) is 0 Å². The van der Waals surface area contributed by atoms with Crippen LogP contribution in [-0.4, -0.2) is 19.6 Å². The van der Waals surface area contributed by atoms with Crippen molar-refractivity contribution >= 4 is 5.97 Å². The molecule has 1 saturated carbocycles. The summed E-state index contributed by atoms with van der Waals surface area (Å²) in [6.07, 6.45) is 4.37. The van der Waals surface area contributed by atoms with Gasteiger partial charge in [-0.1, -0.05) is 12.8 Å². The molecule has 1 aliphatic rings. The molecular formula is C9H17NO2. The first kappa shape index (κ1) is 9.52. The second kappa shape index (κ2) is 4.45. The number of ether oxygens (including phenoxy) is 1. The van der Waals surface area contributed by atoms with Crippen LogP contribution in [0.5, 0.6) is 0 Å². The van der Waals surface area contributed by atoms with Gasteiger partial charge in [0, 0.05) is 0 Å². The minimum Gasteiger partial charge on any atom is -0.469 e. The first-order valence-electron chi connectivity index (χ1n) is 4.57. The monoisotopic (exact) mass is 171 g/mol. The molecule has 0 radical (unpaired) electrons. The minimum atomic E-state index is -0.0786. The fourth-order valence-corrected chi connectivity index (χ4v) is 1.95. The maximum Gasteiger partial charge on any atom is 0.308 e. The first-order chi connectivity index (χ1) is 5.79. The zero-order valence-corrected chi connectivity index (χ0v) is 7.58. The van der Waals surface area contributed by atoms with Crippen molar-refractivity contribution in [3.05, 3.63) is 0 Å². The summed E-state index contributed by atoms with van der Waals surface area (Å²) in [6, 6.07) is 0. The quantitative estimate of drug-likeness (QED) is 0.629. The lowest BCUT2D eigenvalue weighted by molar-refractivity contribution is -0.148. The van der Waals surface area contributed by atoms with Crippen LogP contribution in [0.2, 0.25) is 0 Å². The van der Waals surface area contributed by atoms with Crippen LogP contribution in [0.1, 0.15) is 25.7 Å². The summed E-state index contributed by atoms with van der Waals surface area (Å²) >= 11 is 0. The maximum absolute atomic E-state index is 11.3. The first-order valence-corrected chi connectivity index (χ1v) is 4.57. The second-order valence-electron chi connectivity index (χ2n) is 3.41. The van der Waals surface area contributed by atoms with Crippen molar-refractivity contribution in [2.75, 3.05) is 13.7 Å². The molecule has 0 aromatic heterocycles. The van der Waals surface area contributed by atoms with Crippen LogP contribution >= 0.6 is 0 Å². The summed E-state index contributed by atoms with van der Waals surface area (Å²) < 4.78 is 4.73. The standard InChI is InChI=1S/C9H17NO2/c1-12-9(11)8-5-3-2-4-7(8)6-10/h7-8H,2-6,10H2,1H3. The molecule has 0 bridgehead atoms. The molecule has 0 aromatic carbocycles. The third-order valence-electron chi connectivity index (χ3n) is 2.72. The van der Waals surface area contributed by atoms with E-state index in [1.165, 1.54) is 13.5 Å². The number of methoxy groups -OCH3 is 1. The van der Waals surface area contributed by atoms with E-state index in [1.54, 1.807) is 0 Å². The predicted molar refractivity (Wildman–Crippen MR) is 46.5 cm³/mol. The molecular weight excluding hydrogens is 154 g/mol. The van der Waals surface area contributed by atoms with Crippen LogP contribution in [-0.2, 0) is 9.53 Å². The van der Waals surface area contributed by atoms with Crippen LogP contribution < -0.4 is 5.73 Å². The predicted octanol–water partition coefficient (Wildman–Crippen LogP) is 0.924. The number of nitrogens with two attached hydrogens (primary N) is 1. The highest BCUT2D eigenvalue weighted by molar-refractivity contribution is 5.72. The third-order valence-corrected chi connectivity index (χ3v) is 2.72. The van der Waals surface area contributed by atoms with Gasteiger partial charge in [-0.3, -0.25) is 4.79 Å². The summed E-state index contributed by atoms with van der Waals surface area (Å²) in [5.41, 5.74) is 5.58. The molecule has 3 heteroatoms. The van der Waals surface area contributed by atoms with Crippen molar-refractivity contribution in [1.29, 1.82) is 0 Å². The molecule has 0 spiro atoms. The molecule has 70 valence electrons. The largest absolute Gasteiger partial charge is 0.469 e. The Hall–Kier alpha value is -0.570. The Morgan fingerprint density at radius 1 is 1.50 bits per heavy atom. The molecule has 0 heterocycles. The van der Waals surface area contributed by atoms with E-state index in [2.05, 4.69) is 0 Å². The lowest BCUT2D eigenvalue weighted by Gasteiger charge is -2.28. The second-order valence-corrected chi connectivity index (χ2v) is 3.41. The van der Waals surface area contributed by atoms with Gasteiger partial charge in [-0.05, 0) is 25.3 Å². The molecule has 1 aliphatic carbocycles. The van der Waals surface area contributed by atoms with Gasteiger partial charge in [0.15, 0.2) is 0 Å². The van der Waals surface area contributed by atoms with E-state index >= 15 is 0 Å². The average molecular weight is 171 g/mol. The van der Waals surface area contributed by atoms with Crippen LogP contribution in [0.25, 0.3) is 0 Å². The number of carbonyl (C=O) groups is 1. The normalized spacial score (nSPS) is 29.8. The fraction of sp³-hybridized carbons (Fsp3) is 0.889. The molecule has 0 saturated heterocycles. The van der Waals surface area contributed by atoms with Crippen molar-refractivity contribution < 1.29 is 9.53 Å². The van der Waals surface area contributed by atoms with Gasteiger partial charge in [0.2, 0.25) is 0 Å². The number of hydrogen-bond acceptors (Lipinski definition) is 3. The highest BCUT2D eigenvalue weighted by atomic mass is 16.5. The van der Waals surface area contributed by atoms with Crippen molar-refractivity contribution in [1.82, 2.24) is 0 Å². The van der Waals surface area contributed by atoms with Crippen molar-refractivity contribution in [2.24, 2.45) is 17.6 Å². The number of hydrogen-bond donors (Lipinski definition) is 1. The van der Waals surface area contributed by atoms with Crippen molar-refractivity contribution in [3.63, 3.8) is 0 Å². The molecule has 2 atom stereocenters. The van der Waals surface area contributed by atoms with Gasteiger partial charge in [-0.25, -0.2) is 0 Å². The maximum atomic E-state index is 11.3. The van der Waals surface area contributed by atoms with Crippen LogP contribution in [0.4, 0.5) is 0 Å². The molecule has 0 aliphatic heterocycles. The summed E-state index contributed by atoms with van der Waals surface area (Å²) in [7, 11) is 1.45. The number of esters is 1. The molecule has 2 N–H and O–H groups in total. The molecule has 0 amide bonds. The van der Waals surface area contributed by atoms with Gasteiger partial charge in [0.25, 0.3) is 0 Å². The Morgan fingerprint density at radius 3 is 2.75 bits per heavy atom. The fourth-order valence-electron chi connectivity index (χ4n) is 1.95. The molecule has 2 unspecified atom stereocenters. The van der Waals surface area contributed by atoms with Crippen molar-refractivity contribution in [2.45, 2.75) is 25.7 Å². The molecule has 1 rings (SSSR count). The Kier molecular flexibility index (Phi) is 3.53. The average Bonchev–Trinajstić information content (AvgIpc) is 2.16. The number of rotatable bonds is 2. The van der Waals surface area contributed by atoms with Crippen LogP contribution in [0, 0.1) is 11.8 Å². The minimum absolute atomic E-state index is 0.0637. The third kappa shape index (κ3) is 1.97. The zero-order valence-electron chi connectivity index (χ0n) is 7.58. The van der Waals surface area contributed by atoms with E-state index < -0.39 is 0 Å². The molecule has 3 nitrogen and oxygen atoms in total. The molecule has 0 aromatic rings. The van der Waals surface area contributed by atoms with Gasteiger partial charge >= 0.3 is 5.97 Å². The van der Waals surface area contributed by atoms with Crippen LogP contribution in [0.15, 0.2) is 0 Å². The highest BCUT2D eigenvalue weighted by Crippen LogP contribution is 2.29. The van der Waals surface area contributed by atoms with Crippen LogP contribution in [0.3, 0.4) is 0 Å². The van der Waals surface area contributed by atoms with E-state index in [-0.39, 0.29) is 11.9 Å². The van der Waals surface area contributed by atoms with Gasteiger partial charge in [-0.2, -0.15) is 0 Å². The SMILES string of the molecule is COC(=O)C1CCCCC1CN. The molecule has 12 heavy (non-hydrogen) atoms. The number of carbonyl (C=O) groups excluding carboxylic acids is 1. The summed E-state index contributed by atoms with van der Waals surface area (Å²) in [6.45, 7) is 0.611. The lowest BCUT2D eigenvalue weighted by Crippen LogP contribution is -2.32. The van der Waals surface area contributed by atoms with Gasteiger partial charge in [0.1, 0.15) is 0 Å². The van der Waals surface area contributed by atoms with E-state index in [9.17, 15) is 4.79 Å². The smallest absolute Gasteiger partial charge is 0.308 e. The topological polar surface area (TPSA) is 52.3 Å². The van der Waals surface area contributed by atoms with E-state index in [0.29, 0.717) is 12.5 Å². The highest BCUT2D eigenvalue weighted by Gasteiger charge is 2.30. The Balaban J connectivity index is 2.52. The summed E-state index contributed by atoms with van der Waals surface area (Å²) in [4.78, 5) is 11.3. The van der Waals surface area contributed by atoms with Gasteiger partial charge < -0.3 is 10.5 Å². The Morgan fingerprint density at radius 2 is 2.17 bits per heavy atom. The Labute approximate surface area is 73.3 Å². The summed E-state index contributed by atoms with van der Waals surface area (Å²) in [5, 5.41) is 0. The van der Waals surface area contributed by atoms with Gasteiger partial charge in [0.05, 0.1) is 13.0 Å². The van der Waals surface area contributed by atoms with E-state index in [4.69, 9.17) is 10.5 Å². The summed E-state index contributed by atoms with van der Waals surface area (Å²) in [5.74, 6) is 0.338. The lowest BCUT2D eigenvalue weighted by atomic mass is 9.79. The Bertz CT molecular complexity index is 159. The van der Waals surface area contributed by atoms with Crippen molar-refractivity contribution in [3.8, 4) is 0 Å². The van der Waals surface area contributed by atoms with Gasteiger partial charge in [-0.15, -0.1) is 0 Å². The van der Waals surface area contributed by atoms with E-state index in [0.717, 1.165) is 19.3 Å².